The maximum atomic E-state index is 14.1. The van der Waals surface area contributed by atoms with Crippen LogP contribution >= 0.6 is 11.6 Å². The Hall–Kier alpha value is -1.95. The van der Waals surface area contributed by atoms with E-state index >= 15 is 0 Å². The number of aryl methyl sites for hydroxylation is 1. The molecule has 0 aliphatic heterocycles. The first-order valence-corrected chi connectivity index (χ1v) is 6.99. The van der Waals surface area contributed by atoms with Crippen molar-refractivity contribution in [2.45, 2.75) is 32.2 Å². The molecule has 2 aromatic rings. The zero-order valence-electron chi connectivity index (χ0n) is 11.2. The molecule has 5 nitrogen and oxygen atoms in total. The van der Waals surface area contributed by atoms with Gasteiger partial charge < -0.3 is 9.67 Å². The lowest BCUT2D eigenvalue weighted by molar-refractivity contribution is 0.0695. The summed E-state index contributed by atoms with van der Waals surface area (Å²) >= 11 is 5.81. The molecule has 0 spiro atoms. The van der Waals surface area contributed by atoms with E-state index in [1.54, 1.807) is 11.5 Å². The Labute approximate surface area is 124 Å². The fourth-order valence-electron chi connectivity index (χ4n) is 2.50. The topological polar surface area (TPSA) is 72.2 Å². The van der Waals surface area contributed by atoms with Crippen molar-refractivity contribution in [3.63, 3.8) is 0 Å². The summed E-state index contributed by atoms with van der Waals surface area (Å²) in [4.78, 5) is 27.6. The van der Waals surface area contributed by atoms with Gasteiger partial charge in [0, 0.05) is 17.8 Å². The minimum absolute atomic E-state index is 0.0196. The number of carboxylic acids is 1. The number of hydrogen-bond acceptors (Lipinski definition) is 3. The third kappa shape index (κ3) is 2.10. The van der Waals surface area contributed by atoms with Crippen molar-refractivity contribution in [1.29, 1.82) is 0 Å². The smallest absolute Gasteiger partial charge is 0.341 e. The number of fused-ring (bicyclic) bond motifs is 1. The first kappa shape index (κ1) is 14.0. The van der Waals surface area contributed by atoms with E-state index in [1.165, 1.54) is 6.20 Å². The molecule has 1 aliphatic carbocycles. The minimum Gasteiger partial charge on any atom is -0.477 e. The van der Waals surface area contributed by atoms with Gasteiger partial charge in [-0.3, -0.25) is 4.79 Å². The van der Waals surface area contributed by atoms with E-state index in [2.05, 4.69) is 4.98 Å². The molecule has 1 aliphatic rings. The van der Waals surface area contributed by atoms with Gasteiger partial charge in [-0.25, -0.2) is 14.2 Å². The van der Waals surface area contributed by atoms with Crippen LogP contribution in [0.4, 0.5) is 4.39 Å². The Balaban J connectivity index is 2.53. The maximum absolute atomic E-state index is 14.1. The van der Waals surface area contributed by atoms with Gasteiger partial charge in [0.1, 0.15) is 11.2 Å². The second kappa shape index (κ2) is 4.80. The highest BCUT2D eigenvalue weighted by Gasteiger charge is 2.29. The molecule has 1 saturated carbocycles. The number of nitrogens with zero attached hydrogens (tertiary/aromatic N) is 2. The molecule has 1 N–H and O–H groups in total. The summed E-state index contributed by atoms with van der Waals surface area (Å²) in [7, 11) is 0. The van der Waals surface area contributed by atoms with Gasteiger partial charge in [0.05, 0.1) is 5.39 Å². The molecular formula is C14H12ClFN2O3. The second-order valence-corrected chi connectivity index (χ2v) is 5.42. The third-order valence-corrected chi connectivity index (χ3v) is 3.93. The van der Waals surface area contributed by atoms with Gasteiger partial charge >= 0.3 is 5.97 Å². The molecule has 0 saturated heterocycles. The van der Waals surface area contributed by atoms with Gasteiger partial charge in [0.25, 0.3) is 0 Å². The normalized spacial score (nSPS) is 14.6. The molecule has 110 valence electrons. The van der Waals surface area contributed by atoms with E-state index in [1.807, 2.05) is 0 Å². The molecule has 0 aromatic carbocycles. The van der Waals surface area contributed by atoms with E-state index in [0.29, 0.717) is 0 Å². The number of pyridine rings is 2. The van der Waals surface area contributed by atoms with Crippen LogP contribution in [0.3, 0.4) is 0 Å². The summed E-state index contributed by atoms with van der Waals surface area (Å²) in [5.41, 5.74) is -0.704. The largest absolute Gasteiger partial charge is 0.477 e. The van der Waals surface area contributed by atoms with E-state index in [4.69, 9.17) is 11.6 Å². The predicted octanol–water partition coefficient (Wildman–Crippen LogP) is 2.78. The fourth-order valence-corrected chi connectivity index (χ4v) is 2.70. The fraction of sp³-hybridized carbons (Fsp3) is 0.357. The predicted molar refractivity (Wildman–Crippen MR) is 75.6 cm³/mol. The average Bonchev–Trinajstić information content (AvgIpc) is 3.25. The van der Waals surface area contributed by atoms with Crippen molar-refractivity contribution in [3.05, 3.63) is 38.5 Å². The van der Waals surface area contributed by atoms with Crippen molar-refractivity contribution in [2.75, 3.05) is 0 Å². The summed E-state index contributed by atoms with van der Waals surface area (Å²) < 4.78 is 15.7. The molecular weight excluding hydrogens is 299 g/mol. The number of carboxylic acid groups (broad SMARTS) is 1. The molecule has 2 heterocycles. The monoisotopic (exact) mass is 310 g/mol. The molecule has 0 radical (unpaired) electrons. The summed E-state index contributed by atoms with van der Waals surface area (Å²) in [6.45, 7) is 1.68. The van der Waals surface area contributed by atoms with E-state index in [9.17, 15) is 19.1 Å². The Kier molecular flexibility index (Phi) is 3.20. The van der Waals surface area contributed by atoms with Crippen LogP contribution in [0.15, 0.2) is 11.0 Å². The Morgan fingerprint density at radius 3 is 2.76 bits per heavy atom. The third-order valence-electron chi connectivity index (χ3n) is 3.68. The number of aromatic carboxylic acids is 1. The highest BCUT2D eigenvalue weighted by molar-refractivity contribution is 6.30. The van der Waals surface area contributed by atoms with Gasteiger partial charge in [0.2, 0.25) is 5.43 Å². The van der Waals surface area contributed by atoms with Gasteiger partial charge in [-0.05, 0) is 19.3 Å². The number of aromatic nitrogens is 2. The van der Waals surface area contributed by atoms with Crippen LogP contribution < -0.4 is 5.43 Å². The van der Waals surface area contributed by atoms with Crippen LogP contribution in [0.1, 0.15) is 41.7 Å². The van der Waals surface area contributed by atoms with Crippen LogP contribution in [-0.2, 0) is 6.42 Å². The van der Waals surface area contributed by atoms with Crippen molar-refractivity contribution in [2.24, 2.45) is 0 Å². The van der Waals surface area contributed by atoms with E-state index in [-0.39, 0.29) is 39.8 Å². The van der Waals surface area contributed by atoms with Crippen molar-refractivity contribution >= 4 is 28.6 Å². The number of hydrogen-bond donors (Lipinski definition) is 1. The first-order valence-electron chi connectivity index (χ1n) is 6.61. The molecule has 7 heteroatoms. The van der Waals surface area contributed by atoms with Gasteiger partial charge in [0.15, 0.2) is 11.0 Å². The van der Waals surface area contributed by atoms with E-state index in [0.717, 1.165) is 12.8 Å². The average molecular weight is 311 g/mol. The van der Waals surface area contributed by atoms with Gasteiger partial charge in [-0.2, -0.15) is 0 Å². The highest BCUT2D eigenvalue weighted by atomic mass is 35.5. The Morgan fingerprint density at radius 2 is 2.24 bits per heavy atom. The number of rotatable bonds is 3. The summed E-state index contributed by atoms with van der Waals surface area (Å²) in [6.07, 6.45) is 3.25. The molecule has 0 atom stereocenters. The van der Waals surface area contributed by atoms with Crippen LogP contribution in [0, 0.1) is 5.82 Å². The Bertz CT molecular complexity index is 827. The molecule has 1 fully saturated rings. The van der Waals surface area contributed by atoms with Crippen LogP contribution in [-0.4, -0.2) is 20.6 Å². The Morgan fingerprint density at radius 1 is 1.57 bits per heavy atom. The van der Waals surface area contributed by atoms with Crippen molar-refractivity contribution < 1.29 is 14.3 Å². The highest BCUT2D eigenvalue weighted by Crippen LogP contribution is 2.37. The second-order valence-electron chi connectivity index (χ2n) is 5.06. The molecule has 2 aromatic heterocycles. The molecule has 3 rings (SSSR count). The SMILES string of the molecule is CCc1c(F)c(Cl)nc2c1c(=O)c(C(=O)O)cn2C1CC1. The lowest BCUT2D eigenvalue weighted by Gasteiger charge is -2.13. The first-order chi connectivity index (χ1) is 9.95. The molecule has 0 amide bonds. The standard InChI is InChI=1S/C14H12ClFN2O3/c1-2-7-9-11(19)8(14(20)21)5-18(6-3-4-6)13(9)17-12(15)10(7)16/h5-6H,2-4H2,1H3,(H,20,21). The lowest BCUT2D eigenvalue weighted by Crippen LogP contribution is -2.21. The van der Waals surface area contributed by atoms with Gasteiger partial charge in [-0.1, -0.05) is 18.5 Å². The summed E-state index contributed by atoms with van der Waals surface area (Å²) in [5, 5.41) is 8.91. The lowest BCUT2D eigenvalue weighted by atomic mass is 10.1. The molecule has 21 heavy (non-hydrogen) atoms. The summed E-state index contributed by atoms with van der Waals surface area (Å²) in [5.74, 6) is -2.08. The van der Waals surface area contributed by atoms with Crippen molar-refractivity contribution in [3.8, 4) is 0 Å². The summed E-state index contributed by atoms with van der Waals surface area (Å²) in [6, 6.07) is 0.0879. The zero-order chi connectivity index (χ0) is 15.3. The zero-order valence-corrected chi connectivity index (χ0v) is 11.9. The minimum atomic E-state index is -1.33. The van der Waals surface area contributed by atoms with Crippen LogP contribution in [0.5, 0.6) is 0 Å². The quantitative estimate of drug-likeness (QED) is 0.885. The van der Waals surface area contributed by atoms with Crippen LogP contribution in [0.2, 0.25) is 5.15 Å². The van der Waals surface area contributed by atoms with Crippen molar-refractivity contribution in [1.82, 2.24) is 9.55 Å². The number of halogens is 2. The molecule has 0 unspecified atom stereocenters. The van der Waals surface area contributed by atoms with E-state index < -0.39 is 17.2 Å². The van der Waals surface area contributed by atoms with Crippen LogP contribution in [0.25, 0.3) is 11.0 Å². The molecule has 0 bridgehead atoms. The van der Waals surface area contributed by atoms with Gasteiger partial charge in [-0.15, -0.1) is 0 Å². The maximum Gasteiger partial charge on any atom is 0.341 e. The number of carbonyl (C=O) groups is 1.